The quantitative estimate of drug-likeness (QED) is 0.336. The molecule has 2 aromatic heterocycles. The summed E-state index contributed by atoms with van der Waals surface area (Å²) in [6.07, 6.45) is -0.433. The standard InChI is InChI=1S/C25H28F3N7O5S/c1-12(25(26,27)28)34-11-14-9-13(10-18(19(14)24(34)38)33-41(2,39)40)17-7-8-35-22(31-17)20(21(29)32-35)23(37)30-15-3-5-16(36)6-4-15/h7-10,12,15-16,33,36H,3-6,11H2,1-2H3,(H2,29,32)(H,30,37)/t12-,15?,16?/m0/s1. The molecular formula is C25H28F3N7O5S. The molecule has 16 heteroatoms. The van der Waals surface area contributed by atoms with Crippen molar-refractivity contribution in [3.8, 4) is 11.3 Å². The van der Waals surface area contributed by atoms with E-state index in [9.17, 15) is 36.3 Å². The molecule has 1 aromatic carbocycles. The number of fused-ring (bicyclic) bond motifs is 2. The molecule has 5 rings (SSSR count). The summed E-state index contributed by atoms with van der Waals surface area (Å²) in [5.41, 5.74) is 6.52. The number of benzene rings is 1. The molecule has 0 unspecified atom stereocenters. The van der Waals surface area contributed by atoms with Crippen molar-refractivity contribution < 1.29 is 36.3 Å². The van der Waals surface area contributed by atoms with E-state index >= 15 is 0 Å². The van der Waals surface area contributed by atoms with E-state index in [1.807, 2.05) is 0 Å². The number of carbonyl (C=O) groups is 2. The van der Waals surface area contributed by atoms with E-state index in [0.717, 1.165) is 13.2 Å². The fraction of sp³-hybridized carbons (Fsp3) is 0.440. The molecule has 12 nitrogen and oxygen atoms in total. The Labute approximate surface area is 232 Å². The van der Waals surface area contributed by atoms with E-state index in [2.05, 4.69) is 20.1 Å². The second-order valence-corrected chi connectivity index (χ2v) is 12.2. The first-order chi connectivity index (χ1) is 19.1. The van der Waals surface area contributed by atoms with Crippen LogP contribution in [-0.2, 0) is 16.6 Å². The number of sulfonamides is 1. The van der Waals surface area contributed by atoms with E-state index in [1.165, 1.54) is 28.9 Å². The Balaban J connectivity index is 1.55. The van der Waals surface area contributed by atoms with Gasteiger partial charge in [-0.2, -0.15) is 13.2 Å². The third-order valence-corrected chi connectivity index (χ3v) is 7.93. The molecule has 1 atom stereocenters. The van der Waals surface area contributed by atoms with Crippen LogP contribution in [0.4, 0.5) is 24.7 Å². The summed E-state index contributed by atoms with van der Waals surface area (Å²) in [7, 11) is -3.92. The van der Waals surface area contributed by atoms with Crippen molar-refractivity contribution in [1.29, 1.82) is 0 Å². The SMILES string of the molecule is C[C@H](N1Cc2cc(-c3ccn4nc(N)c(C(=O)NC5CCC(O)CC5)c4n3)cc(NS(C)(=O)=O)c2C1=O)C(F)(F)F. The van der Waals surface area contributed by atoms with Crippen molar-refractivity contribution >= 4 is 39.0 Å². The number of aliphatic hydroxyl groups excluding tert-OH is 1. The first-order valence-electron chi connectivity index (χ1n) is 12.8. The molecule has 2 aliphatic rings. The number of nitrogens with zero attached hydrogens (tertiary/aromatic N) is 4. The van der Waals surface area contributed by atoms with E-state index in [1.54, 1.807) is 0 Å². The van der Waals surface area contributed by atoms with Gasteiger partial charge in [0.25, 0.3) is 11.8 Å². The van der Waals surface area contributed by atoms with Crippen molar-refractivity contribution in [3.63, 3.8) is 0 Å². The van der Waals surface area contributed by atoms with Crippen LogP contribution in [0.3, 0.4) is 0 Å². The van der Waals surface area contributed by atoms with Crippen molar-refractivity contribution in [2.75, 3.05) is 16.7 Å². The molecule has 220 valence electrons. The van der Waals surface area contributed by atoms with Gasteiger partial charge in [-0.05, 0) is 56.4 Å². The number of nitrogen functional groups attached to an aromatic ring is 1. The summed E-state index contributed by atoms with van der Waals surface area (Å²) in [5, 5.41) is 16.8. The van der Waals surface area contributed by atoms with Crippen molar-refractivity contribution in [2.24, 2.45) is 0 Å². The number of carbonyl (C=O) groups excluding carboxylic acids is 2. The van der Waals surface area contributed by atoms with E-state index < -0.39 is 46.7 Å². The Bertz CT molecular complexity index is 1650. The Kier molecular flexibility index (Phi) is 7.09. The largest absolute Gasteiger partial charge is 0.408 e. The molecule has 0 spiro atoms. The minimum absolute atomic E-state index is 0.0222. The fourth-order valence-corrected chi connectivity index (χ4v) is 5.76. The molecule has 3 heterocycles. The maximum Gasteiger partial charge on any atom is 0.408 e. The van der Waals surface area contributed by atoms with Gasteiger partial charge in [0.15, 0.2) is 11.5 Å². The summed E-state index contributed by atoms with van der Waals surface area (Å²) >= 11 is 0. The van der Waals surface area contributed by atoms with Gasteiger partial charge in [-0.25, -0.2) is 17.9 Å². The number of nitrogens with one attached hydrogen (secondary N) is 2. The van der Waals surface area contributed by atoms with Crippen molar-refractivity contribution in [3.05, 3.63) is 41.1 Å². The molecule has 1 fully saturated rings. The van der Waals surface area contributed by atoms with Gasteiger partial charge in [0.2, 0.25) is 10.0 Å². The third-order valence-electron chi connectivity index (χ3n) is 7.34. The van der Waals surface area contributed by atoms with Gasteiger partial charge in [-0.3, -0.25) is 14.3 Å². The molecule has 0 bridgehead atoms. The van der Waals surface area contributed by atoms with Crippen LogP contribution in [0.5, 0.6) is 0 Å². The minimum atomic E-state index is -4.69. The first kappa shape index (κ1) is 28.6. The lowest BCUT2D eigenvalue weighted by Crippen LogP contribution is -2.43. The zero-order valence-corrected chi connectivity index (χ0v) is 22.9. The van der Waals surface area contributed by atoms with E-state index in [0.29, 0.717) is 36.1 Å². The number of aromatic nitrogens is 3. The van der Waals surface area contributed by atoms with Crippen LogP contribution >= 0.6 is 0 Å². The highest BCUT2D eigenvalue weighted by Crippen LogP contribution is 2.38. The lowest BCUT2D eigenvalue weighted by atomic mass is 9.93. The Morgan fingerprint density at radius 1 is 1.22 bits per heavy atom. The Morgan fingerprint density at radius 3 is 2.54 bits per heavy atom. The van der Waals surface area contributed by atoms with Crippen LogP contribution in [0.1, 0.15) is 58.9 Å². The van der Waals surface area contributed by atoms with Crippen molar-refractivity contribution in [2.45, 2.75) is 63.5 Å². The Hall–Kier alpha value is -3.92. The summed E-state index contributed by atoms with van der Waals surface area (Å²) in [6, 6.07) is 2.03. The molecule has 5 N–H and O–H groups in total. The van der Waals surface area contributed by atoms with Crippen LogP contribution in [0.25, 0.3) is 16.9 Å². The number of amides is 2. The smallest absolute Gasteiger partial charge is 0.393 e. The highest BCUT2D eigenvalue weighted by atomic mass is 32.2. The predicted molar refractivity (Wildman–Crippen MR) is 142 cm³/mol. The number of alkyl halides is 3. The zero-order valence-electron chi connectivity index (χ0n) is 22.1. The topological polar surface area (TPSA) is 172 Å². The first-order valence-corrected chi connectivity index (χ1v) is 14.7. The maximum atomic E-state index is 13.5. The highest BCUT2D eigenvalue weighted by Gasteiger charge is 2.46. The molecule has 3 aromatic rings. The lowest BCUT2D eigenvalue weighted by Gasteiger charge is -2.26. The highest BCUT2D eigenvalue weighted by molar-refractivity contribution is 7.92. The monoisotopic (exact) mass is 595 g/mol. The van der Waals surface area contributed by atoms with Crippen LogP contribution in [0.15, 0.2) is 24.4 Å². The third kappa shape index (κ3) is 5.66. The molecular weight excluding hydrogens is 567 g/mol. The summed E-state index contributed by atoms with van der Waals surface area (Å²) < 4.78 is 68.1. The van der Waals surface area contributed by atoms with Gasteiger partial charge in [-0.15, -0.1) is 5.10 Å². The number of halogens is 3. The van der Waals surface area contributed by atoms with Gasteiger partial charge in [0.1, 0.15) is 11.6 Å². The van der Waals surface area contributed by atoms with Gasteiger partial charge in [0.05, 0.1) is 29.3 Å². The van der Waals surface area contributed by atoms with Gasteiger partial charge >= 0.3 is 6.18 Å². The average molecular weight is 596 g/mol. The number of nitrogens with two attached hydrogens (primary N) is 1. The molecule has 1 aliphatic heterocycles. The average Bonchev–Trinajstić information content (AvgIpc) is 3.38. The van der Waals surface area contributed by atoms with Crippen molar-refractivity contribution in [1.82, 2.24) is 24.8 Å². The molecule has 2 amide bonds. The lowest BCUT2D eigenvalue weighted by molar-refractivity contribution is -0.172. The van der Waals surface area contributed by atoms with Crippen LogP contribution in [-0.4, -0.2) is 75.5 Å². The molecule has 1 aliphatic carbocycles. The molecule has 0 saturated heterocycles. The van der Waals surface area contributed by atoms with Crippen LogP contribution in [0, 0.1) is 0 Å². The number of hydrogen-bond acceptors (Lipinski definition) is 8. The summed E-state index contributed by atoms with van der Waals surface area (Å²) in [6.45, 7) is 0.461. The molecule has 41 heavy (non-hydrogen) atoms. The van der Waals surface area contributed by atoms with Crippen LogP contribution in [0.2, 0.25) is 0 Å². The number of hydrogen-bond donors (Lipinski definition) is 4. The van der Waals surface area contributed by atoms with E-state index in [4.69, 9.17) is 5.73 Å². The maximum absolute atomic E-state index is 13.5. The summed E-state index contributed by atoms with van der Waals surface area (Å²) in [5.74, 6) is -1.53. The predicted octanol–water partition coefficient (Wildman–Crippen LogP) is 2.29. The van der Waals surface area contributed by atoms with E-state index in [-0.39, 0.29) is 45.6 Å². The molecule has 0 radical (unpaired) electrons. The second kappa shape index (κ2) is 10.2. The minimum Gasteiger partial charge on any atom is -0.393 e. The molecule has 1 saturated carbocycles. The number of aliphatic hydroxyl groups is 1. The number of anilines is 2. The second-order valence-electron chi connectivity index (χ2n) is 10.4. The van der Waals surface area contributed by atoms with Gasteiger partial charge in [-0.1, -0.05) is 0 Å². The zero-order chi connectivity index (χ0) is 29.9. The summed E-state index contributed by atoms with van der Waals surface area (Å²) in [4.78, 5) is 31.3. The fourth-order valence-electron chi connectivity index (χ4n) is 5.20. The van der Waals surface area contributed by atoms with Crippen LogP contribution < -0.4 is 15.8 Å². The van der Waals surface area contributed by atoms with Gasteiger partial charge < -0.3 is 21.1 Å². The van der Waals surface area contributed by atoms with Gasteiger partial charge in [0, 0.05) is 24.3 Å². The normalized spacial score (nSPS) is 20.2. The number of rotatable bonds is 6. The Morgan fingerprint density at radius 2 is 1.90 bits per heavy atom.